The first-order valence-corrected chi connectivity index (χ1v) is 7.10. The van der Waals surface area contributed by atoms with Gasteiger partial charge in [0.2, 0.25) is 0 Å². The molecule has 0 saturated carbocycles. The fourth-order valence-electron chi connectivity index (χ4n) is 1.82. The van der Waals surface area contributed by atoms with Gasteiger partial charge in [-0.25, -0.2) is 4.99 Å². The Balaban J connectivity index is 2.59. The summed E-state index contributed by atoms with van der Waals surface area (Å²) >= 11 is 0. The standard InChI is InChI=1S/C15H22F3N3O/c1-3-19-14(20-8-7-15(16,17)18)21-10-12-5-4-6-13(9-12)11-22-2/h4-6,9H,3,7-8,10-11H2,1-2H3,(H2,19,20,21). The number of ether oxygens (including phenoxy) is 1. The van der Waals surface area contributed by atoms with Crippen LogP contribution in [0, 0.1) is 0 Å². The first-order chi connectivity index (χ1) is 10.4. The Labute approximate surface area is 128 Å². The fraction of sp³-hybridized carbons (Fsp3) is 0.533. The maximum atomic E-state index is 12.1. The van der Waals surface area contributed by atoms with Crippen molar-refractivity contribution < 1.29 is 17.9 Å². The highest BCUT2D eigenvalue weighted by Gasteiger charge is 2.26. The van der Waals surface area contributed by atoms with Gasteiger partial charge in [-0.05, 0) is 18.1 Å². The van der Waals surface area contributed by atoms with Crippen LogP contribution in [0.2, 0.25) is 0 Å². The van der Waals surface area contributed by atoms with Gasteiger partial charge in [0.15, 0.2) is 5.96 Å². The minimum atomic E-state index is -4.17. The van der Waals surface area contributed by atoms with Crippen LogP contribution in [0.15, 0.2) is 29.3 Å². The van der Waals surface area contributed by atoms with Gasteiger partial charge in [0.25, 0.3) is 0 Å². The number of rotatable bonds is 7. The Morgan fingerprint density at radius 3 is 2.59 bits per heavy atom. The van der Waals surface area contributed by atoms with E-state index in [-0.39, 0.29) is 6.54 Å². The van der Waals surface area contributed by atoms with Gasteiger partial charge in [0.05, 0.1) is 19.6 Å². The van der Waals surface area contributed by atoms with Crippen molar-refractivity contribution in [3.63, 3.8) is 0 Å². The molecule has 4 nitrogen and oxygen atoms in total. The molecular formula is C15H22F3N3O. The Morgan fingerprint density at radius 2 is 1.95 bits per heavy atom. The van der Waals surface area contributed by atoms with E-state index in [1.165, 1.54) is 0 Å². The van der Waals surface area contributed by atoms with E-state index in [0.29, 0.717) is 25.7 Å². The van der Waals surface area contributed by atoms with Gasteiger partial charge >= 0.3 is 6.18 Å². The van der Waals surface area contributed by atoms with Gasteiger partial charge in [-0.2, -0.15) is 13.2 Å². The molecule has 0 aliphatic heterocycles. The molecule has 2 N–H and O–H groups in total. The number of nitrogens with one attached hydrogen (secondary N) is 2. The lowest BCUT2D eigenvalue weighted by Gasteiger charge is -2.12. The van der Waals surface area contributed by atoms with Crippen molar-refractivity contribution in [3.05, 3.63) is 35.4 Å². The Morgan fingerprint density at radius 1 is 1.23 bits per heavy atom. The van der Waals surface area contributed by atoms with E-state index < -0.39 is 12.6 Å². The summed E-state index contributed by atoms with van der Waals surface area (Å²) in [6.07, 6.45) is -5.06. The van der Waals surface area contributed by atoms with E-state index in [4.69, 9.17) is 4.74 Å². The summed E-state index contributed by atoms with van der Waals surface area (Å²) in [5.74, 6) is 0.379. The van der Waals surface area contributed by atoms with E-state index in [1.807, 2.05) is 31.2 Å². The van der Waals surface area contributed by atoms with Gasteiger partial charge in [-0.15, -0.1) is 0 Å². The van der Waals surface area contributed by atoms with Crippen molar-refractivity contribution >= 4 is 5.96 Å². The molecule has 0 aliphatic rings. The van der Waals surface area contributed by atoms with Crippen LogP contribution in [0.4, 0.5) is 13.2 Å². The Bertz CT molecular complexity index is 475. The molecule has 7 heteroatoms. The SMILES string of the molecule is CCNC(=NCc1cccc(COC)c1)NCCC(F)(F)F. The molecule has 0 fully saturated rings. The maximum Gasteiger partial charge on any atom is 0.390 e. The van der Waals surface area contributed by atoms with E-state index in [0.717, 1.165) is 11.1 Å². The largest absolute Gasteiger partial charge is 0.390 e. The van der Waals surface area contributed by atoms with Crippen LogP contribution in [0.1, 0.15) is 24.5 Å². The number of hydrogen-bond acceptors (Lipinski definition) is 2. The molecule has 0 unspecified atom stereocenters. The molecule has 0 heterocycles. The highest BCUT2D eigenvalue weighted by molar-refractivity contribution is 5.79. The second kappa shape index (κ2) is 9.30. The molecule has 124 valence electrons. The second-order valence-electron chi connectivity index (χ2n) is 4.74. The molecule has 0 spiro atoms. The predicted molar refractivity (Wildman–Crippen MR) is 80.6 cm³/mol. The number of alkyl halides is 3. The Kier molecular flexibility index (Phi) is 7.73. The van der Waals surface area contributed by atoms with Crippen molar-refractivity contribution in [1.82, 2.24) is 10.6 Å². The normalized spacial score (nSPS) is 12.3. The summed E-state index contributed by atoms with van der Waals surface area (Å²) in [7, 11) is 1.62. The van der Waals surface area contributed by atoms with Gasteiger partial charge in [0.1, 0.15) is 0 Å². The highest BCUT2D eigenvalue weighted by Crippen LogP contribution is 2.18. The fourth-order valence-corrected chi connectivity index (χ4v) is 1.82. The number of nitrogens with zero attached hydrogens (tertiary/aromatic N) is 1. The van der Waals surface area contributed by atoms with Gasteiger partial charge in [-0.3, -0.25) is 0 Å². The van der Waals surface area contributed by atoms with Crippen LogP contribution < -0.4 is 10.6 Å². The highest BCUT2D eigenvalue weighted by atomic mass is 19.4. The molecule has 0 saturated heterocycles. The summed E-state index contributed by atoms with van der Waals surface area (Å²) in [4.78, 5) is 4.29. The van der Waals surface area contributed by atoms with Gasteiger partial charge in [0, 0.05) is 20.2 Å². The van der Waals surface area contributed by atoms with Crippen LogP contribution in [-0.4, -0.2) is 32.3 Å². The molecule has 0 radical (unpaired) electrons. The molecule has 22 heavy (non-hydrogen) atoms. The zero-order valence-electron chi connectivity index (χ0n) is 12.8. The third kappa shape index (κ3) is 7.87. The van der Waals surface area contributed by atoms with Crippen molar-refractivity contribution in [2.24, 2.45) is 4.99 Å². The summed E-state index contributed by atoms with van der Waals surface area (Å²) < 4.78 is 41.5. The molecule has 0 aliphatic carbocycles. The van der Waals surface area contributed by atoms with Crippen molar-refractivity contribution in [1.29, 1.82) is 0 Å². The predicted octanol–water partition coefficient (Wildman–Crippen LogP) is 2.84. The van der Waals surface area contributed by atoms with Crippen LogP contribution in [0.3, 0.4) is 0 Å². The minimum absolute atomic E-state index is 0.195. The second-order valence-corrected chi connectivity index (χ2v) is 4.74. The molecule has 1 rings (SSSR count). The number of aliphatic imine (C=N–C) groups is 1. The molecule has 1 aromatic rings. The quantitative estimate of drug-likeness (QED) is 0.600. The van der Waals surface area contributed by atoms with E-state index in [9.17, 15) is 13.2 Å². The topological polar surface area (TPSA) is 45.7 Å². The van der Waals surface area contributed by atoms with Gasteiger partial charge in [-0.1, -0.05) is 24.3 Å². The van der Waals surface area contributed by atoms with E-state index >= 15 is 0 Å². The summed E-state index contributed by atoms with van der Waals surface area (Å²) in [6, 6.07) is 7.74. The molecule has 0 amide bonds. The number of hydrogen-bond donors (Lipinski definition) is 2. The van der Waals surface area contributed by atoms with Crippen molar-refractivity contribution in [2.45, 2.75) is 32.7 Å². The molecule has 1 aromatic carbocycles. The van der Waals surface area contributed by atoms with E-state index in [1.54, 1.807) is 7.11 Å². The monoisotopic (exact) mass is 317 g/mol. The third-order valence-corrected chi connectivity index (χ3v) is 2.77. The summed E-state index contributed by atoms with van der Waals surface area (Å²) in [5, 5.41) is 5.61. The molecular weight excluding hydrogens is 295 g/mol. The first-order valence-electron chi connectivity index (χ1n) is 7.10. The Hall–Kier alpha value is -1.76. The molecule has 0 aromatic heterocycles. The summed E-state index contributed by atoms with van der Waals surface area (Å²) in [6.45, 7) is 3.15. The van der Waals surface area contributed by atoms with Gasteiger partial charge < -0.3 is 15.4 Å². The lowest BCUT2D eigenvalue weighted by atomic mass is 10.1. The average Bonchev–Trinajstić information content (AvgIpc) is 2.44. The number of methoxy groups -OCH3 is 1. The van der Waals surface area contributed by atoms with Crippen LogP contribution in [0.25, 0.3) is 0 Å². The lowest BCUT2D eigenvalue weighted by molar-refractivity contribution is -0.132. The number of halogens is 3. The zero-order valence-corrected chi connectivity index (χ0v) is 12.8. The van der Waals surface area contributed by atoms with Crippen LogP contribution in [0.5, 0.6) is 0 Å². The number of benzene rings is 1. The minimum Gasteiger partial charge on any atom is -0.380 e. The van der Waals surface area contributed by atoms with Crippen molar-refractivity contribution in [2.75, 3.05) is 20.2 Å². The zero-order chi connectivity index (χ0) is 16.4. The van der Waals surface area contributed by atoms with Crippen molar-refractivity contribution in [3.8, 4) is 0 Å². The maximum absolute atomic E-state index is 12.1. The average molecular weight is 317 g/mol. The first kappa shape index (κ1) is 18.3. The lowest BCUT2D eigenvalue weighted by Crippen LogP contribution is -2.38. The van der Waals surface area contributed by atoms with Crippen LogP contribution in [-0.2, 0) is 17.9 Å². The molecule has 0 atom stereocenters. The number of guanidine groups is 1. The summed E-state index contributed by atoms with van der Waals surface area (Å²) in [5.41, 5.74) is 2.01. The smallest absolute Gasteiger partial charge is 0.380 e. The third-order valence-electron chi connectivity index (χ3n) is 2.77. The van der Waals surface area contributed by atoms with Crippen LogP contribution >= 0.6 is 0 Å². The van der Waals surface area contributed by atoms with E-state index in [2.05, 4.69) is 15.6 Å². The molecule has 0 bridgehead atoms.